The van der Waals surface area contributed by atoms with E-state index in [0.717, 1.165) is 20.9 Å². The number of hydrogen-bond acceptors (Lipinski definition) is 3. The molecule has 0 N–H and O–H groups in total. The first-order valence-electron chi connectivity index (χ1n) is 9.66. The third-order valence-corrected chi connectivity index (χ3v) is 7.44. The Labute approximate surface area is 177 Å². The number of rotatable bonds is 4. The highest BCUT2D eigenvalue weighted by atomic mass is 32.2. The second-order valence-corrected chi connectivity index (χ2v) is 9.30. The molecule has 2 aromatic carbocycles. The molecule has 4 rings (SSSR count). The number of nitrogens with zero attached hydrogens (tertiary/aromatic N) is 3. The first-order chi connectivity index (χ1) is 14.7. The van der Waals surface area contributed by atoms with E-state index in [0.29, 0.717) is 12.1 Å². The molecule has 0 aliphatic carbocycles. The van der Waals surface area contributed by atoms with Gasteiger partial charge >= 0.3 is 0 Å². The summed E-state index contributed by atoms with van der Waals surface area (Å²) >= 11 is 0. The maximum atomic E-state index is 14.0. The molecule has 0 spiro atoms. The minimum Gasteiger partial charge on any atom is -0.339 e. The van der Waals surface area contributed by atoms with E-state index in [1.165, 1.54) is 0 Å². The molecule has 164 valence electrons. The van der Waals surface area contributed by atoms with Gasteiger partial charge in [-0.15, -0.1) is 0 Å². The van der Waals surface area contributed by atoms with Gasteiger partial charge in [0.05, 0.1) is 0 Å². The number of piperazine rings is 1. The Morgan fingerprint density at radius 1 is 0.968 bits per heavy atom. The van der Waals surface area contributed by atoms with Crippen LogP contribution in [0.2, 0.25) is 0 Å². The molecule has 1 saturated heterocycles. The van der Waals surface area contributed by atoms with Crippen molar-refractivity contribution in [2.45, 2.75) is 18.4 Å². The van der Waals surface area contributed by atoms with Crippen LogP contribution in [0.1, 0.15) is 5.69 Å². The molecule has 0 radical (unpaired) electrons. The number of hydrogen-bond donors (Lipinski definition) is 0. The maximum absolute atomic E-state index is 14.0. The van der Waals surface area contributed by atoms with Crippen LogP contribution in [0.3, 0.4) is 0 Å². The van der Waals surface area contributed by atoms with Crippen molar-refractivity contribution in [3.05, 3.63) is 65.6 Å². The Morgan fingerprint density at radius 3 is 2.35 bits per heavy atom. The predicted octanol–water partition coefficient (Wildman–Crippen LogP) is 2.90. The fourth-order valence-electron chi connectivity index (χ4n) is 3.82. The van der Waals surface area contributed by atoms with Gasteiger partial charge in [0.25, 0.3) is 0 Å². The van der Waals surface area contributed by atoms with Crippen LogP contribution in [0.15, 0.2) is 47.4 Å². The molecule has 1 fully saturated rings. The molecule has 1 aliphatic heterocycles. The Kier molecular flexibility index (Phi) is 5.52. The highest BCUT2D eigenvalue weighted by Gasteiger charge is 2.33. The minimum atomic E-state index is -4.36. The van der Waals surface area contributed by atoms with Crippen molar-refractivity contribution in [3.8, 4) is 0 Å². The number of carbonyl (C=O) groups is 1. The van der Waals surface area contributed by atoms with E-state index >= 15 is 0 Å². The Bertz CT molecular complexity index is 1270. The van der Waals surface area contributed by atoms with Crippen LogP contribution in [0.25, 0.3) is 10.9 Å². The molecule has 3 aromatic rings. The van der Waals surface area contributed by atoms with E-state index in [1.54, 1.807) is 4.90 Å². The van der Waals surface area contributed by atoms with E-state index in [9.17, 15) is 26.4 Å². The monoisotopic (exact) mass is 451 g/mol. The molecule has 2 heterocycles. The zero-order chi connectivity index (χ0) is 22.3. The average molecular weight is 451 g/mol. The van der Waals surface area contributed by atoms with Crippen LogP contribution in [0.5, 0.6) is 0 Å². The van der Waals surface area contributed by atoms with Crippen molar-refractivity contribution in [3.63, 3.8) is 0 Å². The first-order valence-corrected chi connectivity index (χ1v) is 11.1. The molecule has 0 atom stereocenters. The van der Waals surface area contributed by atoms with Crippen molar-refractivity contribution in [1.82, 2.24) is 13.8 Å². The van der Waals surface area contributed by atoms with Crippen LogP contribution in [-0.2, 0) is 21.4 Å². The summed E-state index contributed by atoms with van der Waals surface area (Å²) in [6, 6.07) is 11.0. The van der Waals surface area contributed by atoms with Gasteiger partial charge in [0.2, 0.25) is 15.9 Å². The molecule has 10 heteroatoms. The summed E-state index contributed by atoms with van der Waals surface area (Å²) in [6.45, 7) is 2.11. The molecular weight excluding hydrogens is 431 g/mol. The maximum Gasteiger partial charge on any atom is 0.246 e. The number of fused-ring (bicyclic) bond motifs is 1. The lowest BCUT2D eigenvalue weighted by Crippen LogP contribution is -2.51. The number of aryl methyl sites for hydroxylation is 1. The summed E-state index contributed by atoms with van der Waals surface area (Å²) in [5, 5.41) is 1.03. The molecule has 0 saturated carbocycles. The fourth-order valence-corrected chi connectivity index (χ4v) is 5.30. The van der Waals surface area contributed by atoms with Crippen LogP contribution in [-0.4, -0.2) is 54.3 Å². The summed E-state index contributed by atoms with van der Waals surface area (Å²) in [5.41, 5.74) is 1.87. The predicted molar refractivity (Wildman–Crippen MR) is 108 cm³/mol. The lowest BCUT2D eigenvalue weighted by molar-refractivity contribution is -0.133. The number of para-hydroxylation sites is 1. The van der Waals surface area contributed by atoms with Gasteiger partial charge in [-0.25, -0.2) is 21.6 Å². The van der Waals surface area contributed by atoms with E-state index in [2.05, 4.69) is 0 Å². The standard InChI is InChI=1S/C21H20F3N3O3S/c1-14-12-15-4-2-3-5-17(15)27(14)13-19(28)25-8-10-26(11-9-25)31(29,30)18-7-6-16(22)20(23)21(18)24/h2-7,12H,8-11,13H2,1H3. The van der Waals surface area contributed by atoms with Gasteiger partial charge in [-0.05, 0) is 36.6 Å². The second kappa shape index (κ2) is 8.01. The number of carbonyl (C=O) groups excluding carboxylic acids is 1. The van der Waals surface area contributed by atoms with Gasteiger partial charge in [0.1, 0.15) is 11.4 Å². The zero-order valence-electron chi connectivity index (χ0n) is 16.7. The molecule has 1 amide bonds. The number of sulfonamides is 1. The Balaban J connectivity index is 1.46. The normalized spacial score (nSPS) is 15.5. The van der Waals surface area contributed by atoms with Crippen LogP contribution >= 0.6 is 0 Å². The number of amides is 1. The summed E-state index contributed by atoms with van der Waals surface area (Å²) in [5.74, 6) is -5.20. The van der Waals surface area contributed by atoms with Crippen molar-refractivity contribution in [1.29, 1.82) is 0 Å². The smallest absolute Gasteiger partial charge is 0.246 e. The second-order valence-electron chi connectivity index (χ2n) is 7.39. The topological polar surface area (TPSA) is 62.6 Å². The van der Waals surface area contributed by atoms with E-state index in [-0.39, 0.29) is 38.6 Å². The van der Waals surface area contributed by atoms with Gasteiger partial charge in [0, 0.05) is 37.4 Å². The van der Waals surface area contributed by atoms with Crippen molar-refractivity contribution in [2.24, 2.45) is 0 Å². The minimum absolute atomic E-state index is 0.0715. The lowest BCUT2D eigenvalue weighted by atomic mass is 10.2. The van der Waals surface area contributed by atoms with Crippen molar-refractivity contribution < 1.29 is 26.4 Å². The largest absolute Gasteiger partial charge is 0.339 e. The number of benzene rings is 2. The third-order valence-electron chi connectivity index (χ3n) is 5.52. The average Bonchev–Trinajstić information content (AvgIpc) is 3.07. The molecule has 31 heavy (non-hydrogen) atoms. The Morgan fingerprint density at radius 2 is 1.65 bits per heavy atom. The van der Waals surface area contributed by atoms with Crippen molar-refractivity contribution >= 4 is 26.8 Å². The first kappa shape index (κ1) is 21.4. The third kappa shape index (κ3) is 3.81. The molecule has 1 aliphatic rings. The molecule has 6 nitrogen and oxygen atoms in total. The number of aromatic nitrogens is 1. The van der Waals surface area contributed by atoms with E-state index < -0.39 is 32.4 Å². The van der Waals surface area contributed by atoms with Crippen LogP contribution < -0.4 is 0 Å². The molecular formula is C21H20F3N3O3S. The quantitative estimate of drug-likeness (QED) is 0.573. The van der Waals surface area contributed by atoms with Crippen LogP contribution in [0.4, 0.5) is 13.2 Å². The van der Waals surface area contributed by atoms with Crippen molar-refractivity contribution in [2.75, 3.05) is 26.2 Å². The summed E-state index contributed by atoms with van der Waals surface area (Å²) in [7, 11) is -4.36. The summed E-state index contributed by atoms with van der Waals surface area (Å²) in [6.07, 6.45) is 0. The van der Waals surface area contributed by atoms with Crippen LogP contribution in [0, 0.1) is 24.4 Å². The van der Waals surface area contributed by atoms with E-state index in [1.807, 2.05) is 41.8 Å². The molecule has 0 unspecified atom stereocenters. The SMILES string of the molecule is Cc1cc2ccccc2n1CC(=O)N1CCN(S(=O)(=O)c2ccc(F)c(F)c2F)CC1. The van der Waals surface area contributed by atoms with E-state index in [4.69, 9.17) is 0 Å². The summed E-state index contributed by atoms with van der Waals surface area (Å²) in [4.78, 5) is 13.4. The zero-order valence-corrected chi connectivity index (χ0v) is 17.5. The Hall–Kier alpha value is -2.85. The molecule has 1 aromatic heterocycles. The number of halogens is 3. The fraction of sp³-hybridized carbons (Fsp3) is 0.286. The highest BCUT2D eigenvalue weighted by Crippen LogP contribution is 2.24. The van der Waals surface area contributed by atoms with Gasteiger partial charge in [-0.1, -0.05) is 18.2 Å². The van der Waals surface area contributed by atoms with Gasteiger partial charge in [-0.3, -0.25) is 4.79 Å². The lowest BCUT2D eigenvalue weighted by Gasteiger charge is -2.34. The van der Waals surface area contributed by atoms with Gasteiger partial charge < -0.3 is 9.47 Å². The summed E-state index contributed by atoms with van der Waals surface area (Å²) < 4.78 is 68.9. The van der Waals surface area contributed by atoms with Gasteiger partial charge in [0.15, 0.2) is 17.5 Å². The molecule has 0 bridgehead atoms. The highest BCUT2D eigenvalue weighted by molar-refractivity contribution is 7.89. The van der Waals surface area contributed by atoms with Gasteiger partial charge in [-0.2, -0.15) is 4.31 Å².